The van der Waals surface area contributed by atoms with E-state index in [4.69, 9.17) is 5.73 Å². The Morgan fingerprint density at radius 3 is 2.65 bits per heavy atom. The molecule has 2 fully saturated rings. The third-order valence-corrected chi connectivity index (χ3v) is 4.36. The lowest BCUT2D eigenvalue weighted by atomic mass is 9.99. The normalized spacial score (nSPS) is 31.8. The van der Waals surface area contributed by atoms with Crippen LogP contribution in [0.4, 0.5) is 5.13 Å². The Morgan fingerprint density at radius 1 is 1.47 bits per heavy atom. The Bertz CT molecular complexity index is 434. The quantitative estimate of drug-likeness (QED) is 0.777. The van der Waals surface area contributed by atoms with Crippen LogP contribution in [0.3, 0.4) is 0 Å². The largest absolute Gasteiger partial charge is 0.393 e. The first-order valence-corrected chi connectivity index (χ1v) is 6.75. The maximum atomic E-state index is 12.3. The number of rotatable bonds is 1. The topological polar surface area (TPSA) is 79.5 Å². The lowest BCUT2D eigenvalue weighted by molar-refractivity contribution is 0.0283. The molecule has 0 saturated carbocycles. The van der Waals surface area contributed by atoms with Gasteiger partial charge in [0, 0.05) is 17.5 Å². The van der Waals surface area contributed by atoms with Crippen molar-refractivity contribution in [3.8, 4) is 0 Å². The fourth-order valence-electron chi connectivity index (χ4n) is 3.00. The van der Waals surface area contributed by atoms with E-state index in [-0.39, 0.29) is 24.1 Å². The summed E-state index contributed by atoms with van der Waals surface area (Å²) < 4.78 is 0. The van der Waals surface area contributed by atoms with Crippen molar-refractivity contribution in [2.24, 2.45) is 0 Å². The summed E-state index contributed by atoms with van der Waals surface area (Å²) in [6.07, 6.45) is 3.13. The molecule has 3 rings (SSSR count). The predicted molar refractivity (Wildman–Crippen MR) is 64.7 cm³/mol. The summed E-state index contributed by atoms with van der Waals surface area (Å²) in [5, 5.41) is 11.8. The van der Waals surface area contributed by atoms with E-state index in [0.29, 0.717) is 23.7 Å². The molecule has 2 saturated heterocycles. The molecule has 1 amide bonds. The molecule has 2 bridgehead atoms. The van der Waals surface area contributed by atoms with E-state index in [1.165, 1.54) is 11.3 Å². The Labute approximate surface area is 103 Å². The molecule has 2 unspecified atom stereocenters. The van der Waals surface area contributed by atoms with Gasteiger partial charge in [-0.05, 0) is 25.7 Å². The van der Waals surface area contributed by atoms with Gasteiger partial charge in [0.15, 0.2) is 5.13 Å². The molecular formula is C11H15N3O2S. The smallest absolute Gasteiger partial charge is 0.273 e. The van der Waals surface area contributed by atoms with Gasteiger partial charge in [0.05, 0.1) is 6.10 Å². The van der Waals surface area contributed by atoms with E-state index in [1.807, 2.05) is 4.90 Å². The number of nitrogen functional groups attached to an aromatic ring is 1. The first kappa shape index (κ1) is 11.0. The molecule has 2 aliphatic rings. The number of fused-ring (bicyclic) bond motifs is 2. The SMILES string of the molecule is Nc1nc(C(=O)N2C3CCC2CC(O)C3)cs1. The van der Waals surface area contributed by atoms with Crippen LogP contribution in [0.15, 0.2) is 5.38 Å². The zero-order valence-electron chi connectivity index (χ0n) is 9.37. The fraction of sp³-hybridized carbons (Fsp3) is 0.636. The van der Waals surface area contributed by atoms with Crippen molar-refractivity contribution in [3.63, 3.8) is 0 Å². The second kappa shape index (κ2) is 3.96. The van der Waals surface area contributed by atoms with Crippen LogP contribution in [0.2, 0.25) is 0 Å². The number of nitrogens with zero attached hydrogens (tertiary/aromatic N) is 2. The maximum absolute atomic E-state index is 12.3. The molecule has 0 aliphatic carbocycles. The highest BCUT2D eigenvalue weighted by atomic mass is 32.1. The predicted octanol–water partition coefficient (Wildman–Crippen LogP) is 0.853. The number of hydrogen-bond donors (Lipinski definition) is 2. The average Bonchev–Trinajstić information content (AvgIpc) is 2.81. The molecule has 6 heteroatoms. The number of piperidine rings is 1. The monoisotopic (exact) mass is 253 g/mol. The number of hydrogen-bond acceptors (Lipinski definition) is 5. The summed E-state index contributed by atoms with van der Waals surface area (Å²) in [6.45, 7) is 0. The summed E-state index contributed by atoms with van der Waals surface area (Å²) in [5.41, 5.74) is 5.99. The molecule has 2 aliphatic heterocycles. The Morgan fingerprint density at radius 2 is 2.12 bits per heavy atom. The molecule has 92 valence electrons. The second-order valence-electron chi connectivity index (χ2n) is 4.79. The van der Waals surface area contributed by atoms with Crippen LogP contribution >= 0.6 is 11.3 Å². The summed E-state index contributed by atoms with van der Waals surface area (Å²) in [7, 11) is 0. The van der Waals surface area contributed by atoms with Gasteiger partial charge in [-0.2, -0.15) is 0 Å². The van der Waals surface area contributed by atoms with Gasteiger partial charge >= 0.3 is 0 Å². The van der Waals surface area contributed by atoms with Crippen molar-refractivity contribution < 1.29 is 9.90 Å². The van der Waals surface area contributed by atoms with Crippen molar-refractivity contribution in [3.05, 3.63) is 11.1 Å². The number of amides is 1. The lowest BCUT2D eigenvalue weighted by Crippen LogP contribution is -2.48. The van der Waals surface area contributed by atoms with Gasteiger partial charge in [0.2, 0.25) is 0 Å². The average molecular weight is 253 g/mol. The number of aliphatic hydroxyl groups excluding tert-OH is 1. The number of nitrogens with two attached hydrogens (primary N) is 1. The molecule has 1 aromatic heterocycles. The van der Waals surface area contributed by atoms with Crippen molar-refractivity contribution in [2.45, 2.75) is 43.9 Å². The number of aromatic nitrogens is 1. The second-order valence-corrected chi connectivity index (χ2v) is 5.68. The summed E-state index contributed by atoms with van der Waals surface area (Å²) in [4.78, 5) is 18.3. The van der Waals surface area contributed by atoms with Gasteiger partial charge in [-0.1, -0.05) is 0 Å². The summed E-state index contributed by atoms with van der Waals surface area (Å²) >= 11 is 1.29. The first-order chi connectivity index (χ1) is 8.15. The third-order valence-electron chi connectivity index (χ3n) is 3.68. The minimum Gasteiger partial charge on any atom is -0.393 e. The lowest BCUT2D eigenvalue weighted by Gasteiger charge is -2.36. The Balaban J connectivity index is 1.83. The Hall–Kier alpha value is -1.14. The molecular weight excluding hydrogens is 238 g/mol. The molecule has 0 spiro atoms. The van der Waals surface area contributed by atoms with E-state index in [0.717, 1.165) is 12.8 Å². The zero-order valence-corrected chi connectivity index (χ0v) is 10.2. The van der Waals surface area contributed by atoms with Crippen LogP contribution in [0, 0.1) is 0 Å². The summed E-state index contributed by atoms with van der Waals surface area (Å²) in [6, 6.07) is 0.360. The number of anilines is 1. The zero-order chi connectivity index (χ0) is 12.0. The van der Waals surface area contributed by atoms with Gasteiger partial charge in [-0.25, -0.2) is 4.98 Å². The van der Waals surface area contributed by atoms with E-state index >= 15 is 0 Å². The van der Waals surface area contributed by atoms with Gasteiger partial charge in [-0.3, -0.25) is 4.79 Å². The van der Waals surface area contributed by atoms with E-state index in [1.54, 1.807) is 5.38 Å². The molecule has 0 aromatic carbocycles. The third kappa shape index (κ3) is 1.81. The molecule has 3 N–H and O–H groups in total. The standard InChI is InChI=1S/C11H15N3O2S/c12-11-13-9(5-17-11)10(16)14-6-1-2-7(14)4-8(15)3-6/h5-8,15H,1-4H2,(H2,12,13). The molecule has 5 nitrogen and oxygen atoms in total. The number of aliphatic hydroxyl groups is 1. The minimum atomic E-state index is -0.253. The molecule has 2 atom stereocenters. The van der Waals surface area contributed by atoms with Crippen molar-refractivity contribution in [2.75, 3.05) is 5.73 Å². The molecule has 1 aromatic rings. The minimum absolute atomic E-state index is 0.0302. The van der Waals surface area contributed by atoms with Crippen molar-refractivity contribution in [1.82, 2.24) is 9.88 Å². The Kier molecular flexibility index (Phi) is 2.56. The van der Waals surface area contributed by atoms with E-state index in [9.17, 15) is 9.90 Å². The van der Waals surface area contributed by atoms with E-state index in [2.05, 4.69) is 4.98 Å². The van der Waals surface area contributed by atoms with Crippen LogP contribution in [0.5, 0.6) is 0 Å². The highest BCUT2D eigenvalue weighted by Gasteiger charge is 2.43. The van der Waals surface area contributed by atoms with Gasteiger partial charge in [-0.15, -0.1) is 11.3 Å². The van der Waals surface area contributed by atoms with Crippen molar-refractivity contribution >= 4 is 22.4 Å². The highest BCUT2D eigenvalue weighted by Crippen LogP contribution is 2.36. The fourth-order valence-corrected chi connectivity index (χ4v) is 3.53. The van der Waals surface area contributed by atoms with Gasteiger partial charge in [0.25, 0.3) is 5.91 Å². The van der Waals surface area contributed by atoms with Gasteiger partial charge in [0.1, 0.15) is 5.69 Å². The highest BCUT2D eigenvalue weighted by molar-refractivity contribution is 7.13. The molecule has 17 heavy (non-hydrogen) atoms. The number of carbonyl (C=O) groups excluding carboxylic acids is 1. The molecule has 3 heterocycles. The number of carbonyl (C=O) groups is 1. The van der Waals surface area contributed by atoms with Crippen LogP contribution in [0.25, 0.3) is 0 Å². The first-order valence-electron chi connectivity index (χ1n) is 5.87. The number of thiazole rings is 1. The van der Waals surface area contributed by atoms with Crippen LogP contribution < -0.4 is 5.73 Å². The van der Waals surface area contributed by atoms with Crippen molar-refractivity contribution in [1.29, 1.82) is 0 Å². The van der Waals surface area contributed by atoms with Crippen LogP contribution in [0.1, 0.15) is 36.2 Å². The van der Waals surface area contributed by atoms with Gasteiger partial charge < -0.3 is 15.7 Å². The van der Waals surface area contributed by atoms with Crippen LogP contribution in [-0.2, 0) is 0 Å². The summed E-state index contributed by atoms with van der Waals surface area (Å²) in [5.74, 6) is -0.0302. The molecule has 0 radical (unpaired) electrons. The maximum Gasteiger partial charge on any atom is 0.273 e. The van der Waals surface area contributed by atoms with Crippen LogP contribution in [-0.4, -0.2) is 39.1 Å². The van der Waals surface area contributed by atoms with E-state index < -0.39 is 0 Å².